The highest BCUT2D eigenvalue weighted by Crippen LogP contribution is 2.19. The average molecular weight is 292 g/mol. The van der Waals surface area contributed by atoms with E-state index in [0.717, 1.165) is 16.5 Å². The third kappa shape index (κ3) is 5.00. The lowest BCUT2D eigenvalue weighted by Crippen LogP contribution is -2.38. The number of rotatable bonds is 4. The Morgan fingerprint density at radius 2 is 1.80 bits per heavy atom. The van der Waals surface area contributed by atoms with Gasteiger partial charge in [0.25, 0.3) is 0 Å². The minimum atomic E-state index is 0.197. The van der Waals surface area contributed by atoms with Gasteiger partial charge >= 0.3 is 0 Å². The molecule has 1 aliphatic rings. The minimum absolute atomic E-state index is 0.197. The topological polar surface area (TPSA) is 33.3 Å². The van der Waals surface area contributed by atoms with E-state index in [2.05, 4.69) is 10.6 Å². The smallest absolute Gasteiger partial charge is 0.170 e. The predicted octanol–water partition coefficient (Wildman–Crippen LogP) is 4.09. The van der Waals surface area contributed by atoms with E-state index in [4.69, 9.17) is 17.0 Å². The van der Waals surface area contributed by atoms with Crippen molar-refractivity contribution in [2.45, 2.75) is 58.1 Å². The summed E-state index contributed by atoms with van der Waals surface area (Å²) in [5.41, 5.74) is 0.995. The van der Waals surface area contributed by atoms with Gasteiger partial charge in [0.15, 0.2) is 5.11 Å². The fraction of sp³-hybridized carbons (Fsp3) is 0.562. The van der Waals surface area contributed by atoms with E-state index in [1.807, 2.05) is 38.1 Å². The molecule has 1 aliphatic carbocycles. The predicted molar refractivity (Wildman–Crippen MR) is 88.4 cm³/mol. The van der Waals surface area contributed by atoms with Crippen molar-refractivity contribution in [1.82, 2.24) is 5.32 Å². The van der Waals surface area contributed by atoms with E-state index in [0.29, 0.717) is 6.04 Å². The van der Waals surface area contributed by atoms with Gasteiger partial charge in [0.2, 0.25) is 0 Å². The Labute approximate surface area is 127 Å². The van der Waals surface area contributed by atoms with Crippen LogP contribution in [0.25, 0.3) is 0 Å². The maximum atomic E-state index is 5.62. The zero-order chi connectivity index (χ0) is 14.4. The summed E-state index contributed by atoms with van der Waals surface area (Å²) in [4.78, 5) is 0. The number of benzene rings is 1. The molecular weight excluding hydrogens is 268 g/mol. The first-order chi connectivity index (χ1) is 9.63. The van der Waals surface area contributed by atoms with E-state index < -0.39 is 0 Å². The second kappa shape index (κ2) is 7.48. The summed E-state index contributed by atoms with van der Waals surface area (Å²) in [5, 5.41) is 7.35. The van der Waals surface area contributed by atoms with Crippen molar-refractivity contribution in [1.29, 1.82) is 0 Å². The van der Waals surface area contributed by atoms with Gasteiger partial charge in [-0.15, -0.1) is 0 Å². The number of hydrogen-bond donors (Lipinski definition) is 2. The molecule has 1 aromatic carbocycles. The Hall–Kier alpha value is -1.29. The molecule has 0 aromatic heterocycles. The third-order valence-corrected chi connectivity index (χ3v) is 3.64. The standard InChI is InChI=1S/C16H24N2OS/c1-12(2)19-15-10-8-14(9-11-15)18-16(20)17-13-6-4-3-5-7-13/h8-13H,3-7H2,1-2H3,(H2,17,18,20). The van der Waals surface area contributed by atoms with Gasteiger partial charge in [0, 0.05) is 11.7 Å². The summed E-state index contributed by atoms with van der Waals surface area (Å²) < 4.78 is 5.62. The Morgan fingerprint density at radius 3 is 2.40 bits per heavy atom. The average Bonchev–Trinajstić information content (AvgIpc) is 2.41. The zero-order valence-electron chi connectivity index (χ0n) is 12.3. The van der Waals surface area contributed by atoms with Gasteiger partial charge in [-0.1, -0.05) is 19.3 Å². The van der Waals surface area contributed by atoms with Crippen LogP contribution in [-0.4, -0.2) is 17.3 Å². The van der Waals surface area contributed by atoms with Crippen LogP contribution in [0.4, 0.5) is 5.69 Å². The molecule has 0 atom stereocenters. The van der Waals surface area contributed by atoms with Gasteiger partial charge < -0.3 is 15.4 Å². The minimum Gasteiger partial charge on any atom is -0.491 e. The number of nitrogens with one attached hydrogen (secondary N) is 2. The first-order valence-electron chi connectivity index (χ1n) is 7.48. The normalized spacial score (nSPS) is 15.9. The van der Waals surface area contributed by atoms with Crippen molar-refractivity contribution in [3.63, 3.8) is 0 Å². The van der Waals surface area contributed by atoms with Gasteiger partial charge in [-0.25, -0.2) is 0 Å². The van der Waals surface area contributed by atoms with Gasteiger partial charge in [-0.05, 0) is 63.2 Å². The highest BCUT2D eigenvalue weighted by molar-refractivity contribution is 7.80. The van der Waals surface area contributed by atoms with Crippen LogP contribution in [-0.2, 0) is 0 Å². The van der Waals surface area contributed by atoms with Crippen molar-refractivity contribution in [3.8, 4) is 5.75 Å². The van der Waals surface area contributed by atoms with Crippen LogP contribution in [0, 0.1) is 0 Å². The molecule has 0 aliphatic heterocycles. The summed E-state index contributed by atoms with van der Waals surface area (Å²) in [7, 11) is 0. The van der Waals surface area contributed by atoms with Crippen LogP contribution in [0.2, 0.25) is 0 Å². The van der Waals surface area contributed by atoms with E-state index >= 15 is 0 Å². The molecule has 0 amide bonds. The molecule has 1 aromatic rings. The fourth-order valence-electron chi connectivity index (χ4n) is 2.49. The van der Waals surface area contributed by atoms with Crippen LogP contribution >= 0.6 is 12.2 Å². The lowest BCUT2D eigenvalue weighted by Gasteiger charge is -2.24. The second-order valence-electron chi connectivity index (χ2n) is 5.62. The zero-order valence-corrected chi connectivity index (χ0v) is 13.1. The van der Waals surface area contributed by atoms with Crippen molar-refractivity contribution in [2.24, 2.45) is 0 Å². The van der Waals surface area contributed by atoms with Gasteiger partial charge in [-0.2, -0.15) is 0 Å². The van der Waals surface area contributed by atoms with Crippen molar-refractivity contribution >= 4 is 23.0 Å². The molecule has 0 saturated heterocycles. The lowest BCUT2D eigenvalue weighted by molar-refractivity contribution is 0.242. The van der Waals surface area contributed by atoms with Gasteiger partial charge in [0.1, 0.15) is 5.75 Å². The molecule has 3 nitrogen and oxygen atoms in total. The Kier molecular flexibility index (Phi) is 5.65. The highest BCUT2D eigenvalue weighted by atomic mass is 32.1. The molecule has 110 valence electrons. The molecule has 0 bridgehead atoms. The first kappa shape index (κ1) is 15.1. The molecule has 2 rings (SSSR count). The maximum absolute atomic E-state index is 5.62. The van der Waals surface area contributed by atoms with Crippen LogP contribution in [0.5, 0.6) is 5.75 Å². The Morgan fingerprint density at radius 1 is 1.15 bits per heavy atom. The molecule has 2 N–H and O–H groups in total. The summed E-state index contributed by atoms with van der Waals surface area (Å²) in [6.45, 7) is 4.05. The summed E-state index contributed by atoms with van der Waals surface area (Å²) in [6.07, 6.45) is 6.62. The molecule has 20 heavy (non-hydrogen) atoms. The van der Waals surface area contributed by atoms with E-state index in [9.17, 15) is 0 Å². The first-order valence-corrected chi connectivity index (χ1v) is 7.88. The SMILES string of the molecule is CC(C)Oc1ccc(NC(=S)NC2CCCCC2)cc1. The van der Waals surface area contributed by atoms with Gasteiger partial charge in [0.05, 0.1) is 6.10 Å². The van der Waals surface area contributed by atoms with E-state index in [-0.39, 0.29) is 6.10 Å². The number of anilines is 1. The van der Waals surface area contributed by atoms with Crippen molar-refractivity contribution in [3.05, 3.63) is 24.3 Å². The molecule has 1 fully saturated rings. The molecule has 0 radical (unpaired) electrons. The molecular formula is C16H24N2OS. The number of ether oxygens (including phenoxy) is 1. The molecule has 0 spiro atoms. The lowest BCUT2D eigenvalue weighted by atomic mass is 9.96. The van der Waals surface area contributed by atoms with E-state index in [1.165, 1.54) is 32.1 Å². The van der Waals surface area contributed by atoms with Crippen LogP contribution < -0.4 is 15.4 Å². The summed E-state index contributed by atoms with van der Waals surface area (Å²) in [6, 6.07) is 8.45. The molecule has 4 heteroatoms. The number of thiocarbonyl (C=S) groups is 1. The monoisotopic (exact) mass is 292 g/mol. The Bertz CT molecular complexity index is 425. The van der Waals surface area contributed by atoms with Gasteiger partial charge in [-0.3, -0.25) is 0 Å². The summed E-state index contributed by atoms with van der Waals surface area (Å²) in [5.74, 6) is 0.886. The molecule has 0 heterocycles. The van der Waals surface area contributed by atoms with Crippen molar-refractivity contribution < 1.29 is 4.74 Å². The third-order valence-electron chi connectivity index (χ3n) is 3.42. The maximum Gasteiger partial charge on any atom is 0.170 e. The number of hydrogen-bond acceptors (Lipinski definition) is 2. The molecule has 0 unspecified atom stereocenters. The largest absolute Gasteiger partial charge is 0.491 e. The van der Waals surface area contributed by atoms with Crippen LogP contribution in [0.1, 0.15) is 46.0 Å². The van der Waals surface area contributed by atoms with E-state index in [1.54, 1.807) is 0 Å². The van der Waals surface area contributed by atoms with Crippen LogP contribution in [0.15, 0.2) is 24.3 Å². The second-order valence-corrected chi connectivity index (χ2v) is 6.03. The highest BCUT2D eigenvalue weighted by Gasteiger charge is 2.13. The quantitative estimate of drug-likeness (QED) is 0.819. The Balaban J connectivity index is 1.81. The molecule has 1 saturated carbocycles. The van der Waals surface area contributed by atoms with Crippen LogP contribution in [0.3, 0.4) is 0 Å². The fourth-order valence-corrected chi connectivity index (χ4v) is 2.77. The van der Waals surface area contributed by atoms with Crippen molar-refractivity contribution in [2.75, 3.05) is 5.32 Å². The summed E-state index contributed by atoms with van der Waals surface area (Å²) >= 11 is 5.37.